The summed E-state index contributed by atoms with van der Waals surface area (Å²) in [5, 5.41) is 17.6. The fraction of sp³-hybridized carbons (Fsp3) is 0.444. The van der Waals surface area contributed by atoms with Crippen LogP contribution in [0.1, 0.15) is 71.4 Å². The second kappa shape index (κ2) is 13.8. The number of hydrogen-bond donors (Lipinski definition) is 0. The smallest absolute Gasteiger partial charge is 0.282 e. The molecule has 14 heteroatoms. The first-order chi connectivity index (χ1) is 24.0. The van der Waals surface area contributed by atoms with Crippen molar-refractivity contribution < 1.29 is 27.2 Å². The van der Waals surface area contributed by atoms with Gasteiger partial charge in [-0.1, -0.05) is 18.6 Å². The van der Waals surface area contributed by atoms with Gasteiger partial charge in [-0.25, -0.2) is 27.5 Å². The Morgan fingerprint density at radius 3 is 1.38 bits per heavy atom. The second-order valence-electron chi connectivity index (χ2n) is 13.7. The molecule has 0 radical (unpaired) electrons. The van der Waals surface area contributed by atoms with E-state index < -0.39 is 11.8 Å². The first-order valence-corrected chi connectivity index (χ1v) is 16.8. The van der Waals surface area contributed by atoms with E-state index in [1.165, 1.54) is 9.80 Å². The number of rotatable bonds is 12. The van der Waals surface area contributed by atoms with Crippen molar-refractivity contribution in [1.29, 1.82) is 0 Å². The molecule has 3 fully saturated rings. The number of carbonyl (C=O) groups excluding carboxylic acids is 2. The number of alkyl halides is 4. The molecule has 0 amide bonds. The number of pyridine rings is 2. The zero-order valence-electron chi connectivity index (χ0n) is 27.3. The first kappa shape index (κ1) is 33.6. The summed E-state index contributed by atoms with van der Waals surface area (Å²) in [7, 11) is 0. The molecule has 1 aliphatic carbocycles. The molecule has 0 bridgehead atoms. The molecule has 4 aromatic heterocycles. The highest BCUT2D eigenvalue weighted by Gasteiger charge is 2.45. The number of carbonyl (C=O) groups is 2. The highest BCUT2D eigenvalue weighted by atomic mass is 19.3. The molecule has 260 valence electrons. The Balaban J connectivity index is 0.866. The Bertz CT molecular complexity index is 1670. The predicted octanol–water partition coefficient (Wildman–Crippen LogP) is 5.12. The fourth-order valence-corrected chi connectivity index (χ4v) is 6.84. The molecule has 2 aliphatic heterocycles. The summed E-state index contributed by atoms with van der Waals surface area (Å²) >= 11 is 0. The van der Waals surface area contributed by atoms with Crippen LogP contribution in [0.3, 0.4) is 0 Å². The van der Waals surface area contributed by atoms with Crippen LogP contribution in [0.15, 0.2) is 60.9 Å². The zero-order chi connectivity index (χ0) is 34.9. The number of halogens is 4. The largest absolute Gasteiger partial charge is 0.344 e. The number of anilines is 2. The van der Waals surface area contributed by atoms with Gasteiger partial charge in [0.05, 0.1) is 61.8 Å². The molecule has 50 heavy (non-hydrogen) atoms. The summed E-state index contributed by atoms with van der Waals surface area (Å²) in [6, 6.07) is 14.4. The maximum absolute atomic E-state index is 13.1. The van der Waals surface area contributed by atoms with Crippen molar-refractivity contribution in [3.8, 4) is 0 Å². The van der Waals surface area contributed by atoms with Crippen LogP contribution in [0.4, 0.5) is 29.2 Å². The van der Waals surface area contributed by atoms with E-state index in [-0.39, 0.29) is 75.3 Å². The van der Waals surface area contributed by atoms with Crippen LogP contribution in [0.5, 0.6) is 0 Å². The lowest BCUT2D eigenvalue weighted by Crippen LogP contribution is -2.56. The third-order valence-corrected chi connectivity index (χ3v) is 9.51. The first-order valence-electron chi connectivity index (χ1n) is 16.8. The molecule has 0 spiro atoms. The van der Waals surface area contributed by atoms with Crippen LogP contribution in [0.2, 0.25) is 0 Å². The lowest BCUT2D eigenvalue weighted by Gasteiger charge is -2.39. The van der Waals surface area contributed by atoms with Crippen LogP contribution >= 0.6 is 0 Å². The molecule has 6 heterocycles. The third kappa shape index (κ3) is 8.11. The van der Waals surface area contributed by atoms with Gasteiger partial charge in [0, 0.05) is 37.1 Å². The molecule has 10 nitrogen and oxygen atoms in total. The van der Waals surface area contributed by atoms with Crippen molar-refractivity contribution in [3.05, 3.63) is 94.8 Å². The van der Waals surface area contributed by atoms with Crippen molar-refractivity contribution in [2.24, 2.45) is 0 Å². The summed E-state index contributed by atoms with van der Waals surface area (Å²) in [5.74, 6) is -4.06. The topological polar surface area (TPSA) is 118 Å². The molecule has 7 rings (SSSR count). The van der Waals surface area contributed by atoms with Crippen LogP contribution in [-0.2, 0) is 35.3 Å². The molecule has 0 unspecified atom stereocenters. The average Bonchev–Trinajstić information content (AvgIpc) is 3.07. The predicted molar refractivity (Wildman–Crippen MR) is 176 cm³/mol. The minimum atomic E-state index is -2.67. The number of ketones is 2. The quantitative estimate of drug-likeness (QED) is 0.186. The Hall–Kier alpha value is -4.88. The average molecular weight is 689 g/mol. The number of Topliss-reactive ketones (excluding diaryl/α,β-unsaturated/α-hetero) is 2. The molecular weight excluding hydrogens is 652 g/mol. The van der Waals surface area contributed by atoms with Gasteiger partial charge in [0.1, 0.15) is 23.2 Å². The Labute approximate surface area is 286 Å². The van der Waals surface area contributed by atoms with Gasteiger partial charge in [0.2, 0.25) is 0 Å². The van der Waals surface area contributed by atoms with Gasteiger partial charge < -0.3 is 9.80 Å². The number of nitrogens with zero attached hydrogens (tertiary/aromatic N) is 8. The van der Waals surface area contributed by atoms with E-state index in [4.69, 9.17) is 0 Å². The monoisotopic (exact) mass is 688 g/mol. The van der Waals surface area contributed by atoms with Crippen molar-refractivity contribution in [2.45, 2.75) is 75.0 Å². The Morgan fingerprint density at radius 1 is 0.600 bits per heavy atom. The van der Waals surface area contributed by atoms with E-state index >= 15 is 0 Å². The van der Waals surface area contributed by atoms with Crippen LogP contribution in [-0.4, -0.2) is 80.0 Å². The van der Waals surface area contributed by atoms with Crippen LogP contribution in [0.25, 0.3) is 0 Å². The molecule has 0 N–H and O–H groups in total. The molecule has 2 atom stereocenters. The lowest BCUT2D eigenvalue weighted by atomic mass is 9.78. The minimum Gasteiger partial charge on any atom is -0.344 e. The zero-order valence-corrected chi connectivity index (χ0v) is 27.3. The van der Waals surface area contributed by atoms with Crippen molar-refractivity contribution in [2.75, 3.05) is 36.0 Å². The standard InChI is InChI=1S/C36H36F4N8O2/c37-35(38)19-47(20-35)33-10-4-23(17-41-33)12-29(49)15-27-6-8-31(45-43-27)25-2-1-3-26(14-25)32-9-7-28(44-46-32)16-30(50)13-24-5-11-34(42-18-24)48-21-36(39,40)22-48/h4-11,17-18,25-26H,1-3,12-16,19-22H2/t25-,26-/m0/s1. The van der Waals surface area contributed by atoms with E-state index in [1.54, 1.807) is 36.7 Å². The highest BCUT2D eigenvalue weighted by molar-refractivity contribution is 5.83. The van der Waals surface area contributed by atoms with E-state index in [0.29, 0.717) is 34.2 Å². The fourth-order valence-electron chi connectivity index (χ4n) is 6.84. The highest BCUT2D eigenvalue weighted by Crippen LogP contribution is 2.40. The van der Waals surface area contributed by atoms with Crippen molar-refractivity contribution >= 4 is 23.2 Å². The number of hydrogen-bond acceptors (Lipinski definition) is 10. The van der Waals surface area contributed by atoms with E-state index in [9.17, 15) is 27.2 Å². The molecule has 2 saturated heterocycles. The van der Waals surface area contributed by atoms with Gasteiger partial charge in [-0.2, -0.15) is 20.4 Å². The Morgan fingerprint density at radius 2 is 1.04 bits per heavy atom. The van der Waals surface area contributed by atoms with Crippen molar-refractivity contribution in [3.63, 3.8) is 0 Å². The summed E-state index contributed by atoms with van der Waals surface area (Å²) < 4.78 is 52.5. The van der Waals surface area contributed by atoms with E-state index in [0.717, 1.165) is 37.1 Å². The van der Waals surface area contributed by atoms with Gasteiger partial charge in [-0.3, -0.25) is 9.59 Å². The SMILES string of the molecule is O=C(Cc1ccc(N2CC(F)(F)C2)nc1)Cc1ccc([C@H]2CCC[C@H](c3ccc(CC(=O)Cc4ccc(N5CC(F)(F)C5)nc4)nn3)C2)nn1. The van der Waals surface area contributed by atoms with Crippen LogP contribution in [0, 0.1) is 0 Å². The third-order valence-electron chi connectivity index (χ3n) is 9.51. The normalized spacial score (nSPS) is 20.9. The summed E-state index contributed by atoms with van der Waals surface area (Å²) in [5.41, 5.74) is 4.36. The minimum absolute atomic E-state index is 0.0384. The molecule has 3 aliphatic rings. The molecular formula is C36H36F4N8O2. The summed E-state index contributed by atoms with van der Waals surface area (Å²) in [6.07, 6.45) is 7.51. The molecule has 0 aromatic carbocycles. The maximum atomic E-state index is 13.1. The Kier molecular flexibility index (Phi) is 9.27. The van der Waals surface area contributed by atoms with Gasteiger partial charge >= 0.3 is 0 Å². The van der Waals surface area contributed by atoms with Crippen molar-refractivity contribution in [1.82, 2.24) is 30.4 Å². The number of aromatic nitrogens is 6. The van der Waals surface area contributed by atoms with E-state index in [1.807, 2.05) is 24.3 Å². The van der Waals surface area contributed by atoms with Crippen LogP contribution < -0.4 is 9.80 Å². The van der Waals surface area contributed by atoms with E-state index in [2.05, 4.69) is 30.4 Å². The van der Waals surface area contributed by atoms with Gasteiger partial charge in [0.15, 0.2) is 0 Å². The summed E-state index contributed by atoms with van der Waals surface area (Å²) in [6.45, 7) is -1.36. The second-order valence-corrected chi connectivity index (χ2v) is 13.7. The molecule has 1 saturated carbocycles. The van der Waals surface area contributed by atoms with Gasteiger partial charge in [0.25, 0.3) is 11.8 Å². The maximum Gasteiger partial charge on any atom is 0.282 e. The van der Waals surface area contributed by atoms with Gasteiger partial charge in [-0.05, 0) is 66.8 Å². The molecule has 4 aromatic rings. The summed E-state index contributed by atoms with van der Waals surface area (Å²) in [4.78, 5) is 36.9. The lowest BCUT2D eigenvalue weighted by molar-refractivity contribution is -0.118. The van der Waals surface area contributed by atoms with Gasteiger partial charge in [-0.15, -0.1) is 0 Å².